The van der Waals surface area contributed by atoms with E-state index in [-0.39, 0.29) is 17.7 Å². The molecule has 0 spiro atoms. The van der Waals surface area contributed by atoms with Crippen LogP contribution in [0.15, 0.2) is 12.1 Å². The molecule has 2 rings (SSSR count). The average Bonchev–Trinajstić information content (AvgIpc) is 2.50. The van der Waals surface area contributed by atoms with E-state index in [1.54, 1.807) is 11.8 Å². The molecule has 0 unspecified atom stereocenters. The Balaban J connectivity index is 1.84. The van der Waals surface area contributed by atoms with Gasteiger partial charge in [-0.25, -0.2) is 13.6 Å². The number of nitrogens with zero attached hydrogens (tertiary/aromatic N) is 1. The lowest BCUT2D eigenvalue weighted by Gasteiger charge is -2.33. The third-order valence-electron chi connectivity index (χ3n) is 4.12. The highest BCUT2D eigenvalue weighted by molar-refractivity contribution is 5.68. The van der Waals surface area contributed by atoms with E-state index in [1.807, 2.05) is 20.8 Å². The van der Waals surface area contributed by atoms with Crippen LogP contribution in [-0.2, 0) is 4.74 Å². The Morgan fingerprint density at radius 3 is 2.50 bits per heavy atom. The molecule has 1 aromatic carbocycles. The Hall–Kier alpha value is -1.85. The average molecular weight is 340 g/mol. The molecule has 0 aliphatic carbocycles. The molecular formula is C18H26F2N2O2. The zero-order chi connectivity index (χ0) is 17.9. The monoisotopic (exact) mass is 340 g/mol. The molecule has 1 aromatic rings. The van der Waals surface area contributed by atoms with Crippen LogP contribution in [0.5, 0.6) is 0 Å². The Kier molecular flexibility index (Phi) is 5.67. The van der Waals surface area contributed by atoms with Crippen molar-refractivity contribution in [2.75, 3.05) is 25.0 Å². The quantitative estimate of drug-likeness (QED) is 0.890. The normalized spacial score (nSPS) is 16.2. The molecule has 1 amide bonds. The van der Waals surface area contributed by atoms with Gasteiger partial charge in [0.05, 0.1) is 0 Å². The Bertz CT molecular complexity index is 591. The highest BCUT2D eigenvalue weighted by atomic mass is 19.1. The summed E-state index contributed by atoms with van der Waals surface area (Å²) in [7, 11) is 0. The number of hydrogen-bond donors (Lipinski definition) is 1. The molecule has 24 heavy (non-hydrogen) atoms. The number of rotatable bonds is 3. The molecule has 134 valence electrons. The van der Waals surface area contributed by atoms with Gasteiger partial charge in [-0.15, -0.1) is 0 Å². The smallest absolute Gasteiger partial charge is 0.410 e. The third kappa shape index (κ3) is 4.82. The molecule has 1 N–H and O–H groups in total. The number of aryl methyl sites for hydroxylation is 1. The van der Waals surface area contributed by atoms with Crippen molar-refractivity contribution in [1.29, 1.82) is 0 Å². The van der Waals surface area contributed by atoms with E-state index >= 15 is 0 Å². The lowest BCUT2D eigenvalue weighted by atomic mass is 9.97. The molecule has 0 radical (unpaired) electrons. The summed E-state index contributed by atoms with van der Waals surface area (Å²) in [5, 5.41) is 2.89. The number of carbonyl (C=O) groups is 1. The van der Waals surface area contributed by atoms with Gasteiger partial charge in [-0.1, -0.05) is 6.07 Å². The summed E-state index contributed by atoms with van der Waals surface area (Å²) < 4.78 is 33.1. The van der Waals surface area contributed by atoms with Crippen LogP contribution in [0, 0.1) is 24.5 Å². The lowest BCUT2D eigenvalue weighted by molar-refractivity contribution is 0.0188. The van der Waals surface area contributed by atoms with Gasteiger partial charge in [0, 0.05) is 19.6 Å². The maximum absolute atomic E-state index is 14.0. The molecule has 1 saturated heterocycles. The van der Waals surface area contributed by atoms with E-state index < -0.39 is 17.2 Å². The summed E-state index contributed by atoms with van der Waals surface area (Å²) in [5.74, 6) is -0.853. The number of amides is 1. The van der Waals surface area contributed by atoms with Crippen molar-refractivity contribution in [2.24, 2.45) is 5.92 Å². The predicted octanol–water partition coefficient (Wildman–Crippen LogP) is 4.33. The number of nitrogens with one attached hydrogen (secondary N) is 1. The standard InChI is InChI=1S/C18H26F2N2O2/c1-12-5-6-14(19)16(15(12)20)21-11-13-7-9-22(10-8-13)17(23)24-18(2,3)4/h5-6,13,21H,7-11H2,1-4H3. The highest BCUT2D eigenvalue weighted by Crippen LogP contribution is 2.24. The number of piperidine rings is 1. The van der Waals surface area contributed by atoms with E-state index in [0.717, 1.165) is 12.8 Å². The molecule has 6 heteroatoms. The molecule has 1 heterocycles. The van der Waals surface area contributed by atoms with Gasteiger partial charge in [-0.3, -0.25) is 0 Å². The first kappa shape index (κ1) is 18.5. The highest BCUT2D eigenvalue weighted by Gasteiger charge is 2.27. The maximum atomic E-state index is 14.0. The van der Waals surface area contributed by atoms with Crippen LogP contribution >= 0.6 is 0 Å². The second kappa shape index (κ2) is 7.36. The molecule has 0 bridgehead atoms. The molecule has 1 aliphatic rings. The Morgan fingerprint density at radius 1 is 1.29 bits per heavy atom. The van der Waals surface area contributed by atoms with Gasteiger partial charge in [0.1, 0.15) is 17.1 Å². The van der Waals surface area contributed by atoms with Crippen LogP contribution in [-0.4, -0.2) is 36.2 Å². The van der Waals surface area contributed by atoms with E-state index in [0.29, 0.717) is 25.2 Å². The Morgan fingerprint density at radius 2 is 1.92 bits per heavy atom. The summed E-state index contributed by atoms with van der Waals surface area (Å²) in [4.78, 5) is 13.7. The third-order valence-corrected chi connectivity index (χ3v) is 4.12. The van der Waals surface area contributed by atoms with Gasteiger partial charge in [-0.05, 0) is 58.1 Å². The molecule has 0 aromatic heterocycles. The molecule has 4 nitrogen and oxygen atoms in total. The van der Waals surface area contributed by atoms with Crippen molar-refractivity contribution >= 4 is 11.8 Å². The molecule has 0 saturated carbocycles. The number of anilines is 1. The second-order valence-electron chi connectivity index (χ2n) is 7.34. The minimum atomic E-state index is -0.579. The fourth-order valence-corrected chi connectivity index (χ4v) is 2.71. The first-order chi connectivity index (χ1) is 11.2. The van der Waals surface area contributed by atoms with Crippen molar-refractivity contribution in [1.82, 2.24) is 4.90 Å². The Labute approximate surface area is 142 Å². The lowest BCUT2D eigenvalue weighted by Crippen LogP contribution is -2.42. The number of halogens is 2. The summed E-state index contributed by atoms with van der Waals surface area (Å²) in [6.07, 6.45) is 1.26. The zero-order valence-corrected chi connectivity index (χ0v) is 14.8. The fraction of sp³-hybridized carbons (Fsp3) is 0.611. The van der Waals surface area contributed by atoms with Crippen LogP contribution in [0.25, 0.3) is 0 Å². The number of ether oxygens (including phenoxy) is 1. The predicted molar refractivity (Wildman–Crippen MR) is 90.1 cm³/mol. The summed E-state index contributed by atoms with van der Waals surface area (Å²) in [6, 6.07) is 2.70. The van der Waals surface area contributed by atoms with Crippen LogP contribution in [0.3, 0.4) is 0 Å². The first-order valence-electron chi connectivity index (χ1n) is 8.34. The minimum Gasteiger partial charge on any atom is -0.444 e. The number of hydrogen-bond acceptors (Lipinski definition) is 3. The van der Waals surface area contributed by atoms with Crippen molar-refractivity contribution in [2.45, 2.75) is 46.1 Å². The summed E-state index contributed by atoms with van der Waals surface area (Å²) in [5.41, 5.74) is -0.154. The van der Waals surface area contributed by atoms with Crippen molar-refractivity contribution < 1.29 is 18.3 Å². The van der Waals surface area contributed by atoms with Gasteiger partial charge >= 0.3 is 6.09 Å². The largest absolute Gasteiger partial charge is 0.444 e. The molecule has 0 atom stereocenters. The summed E-state index contributed by atoms with van der Waals surface area (Å²) >= 11 is 0. The van der Waals surface area contributed by atoms with Crippen LogP contribution in [0.2, 0.25) is 0 Å². The molecular weight excluding hydrogens is 314 g/mol. The SMILES string of the molecule is Cc1ccc(F)c(NCC2CCN(C(=O)OC(C)(C)C)CC2)c1F. The number of carbonyl (C=O) groups excluding carboxylic acids is 1. The topological polar surface area (TPSA) is 41.6 Å². The fourth-order valence-electron chi connectivity index (χ4n) is 2.71. The van der Waals surface area contributed by atoms with Gasteiger partial charge in [0.25, 0.3) is 0 Å². The maximum Gasteiger partial charge on any atom is 0.410 e. The van der Waals surface area contributed by atoms with E-state index in [1.165, 1.54) is 12.1 Å². The van der Waals surface area contributed by atoms with Crippen molar-refractivity contribution in [3.05, 3.63) is 29.3 Å². The molecule has 1 aliphatic heterocycles. The van der Waals surface area contributed by atoms with E-state index in [2.05, 4.69) is 5.32 Å². The minimum absolute atomic E-state index is 0.0652. The number of likely N-dealkylation sites (tertiary alicyclic amines) is 1. The van der Waals surface area contributed by atoms with Gasteiger partial charge < -0.3 is 15.0 Å². The van der Waals surface area contributed by atoms with Crippen LogP contribution in [0.4, 0.5) is 19.3 Å². The summed E-state index contributed by atoms with van der Waals surface area (Å²) in [6.45, 7) is 8.81. The van der Waals surface area contributed by atoms with E-state index in [9.17, 15) is 13.6 Å². The van der Waals surface area contributed by atoms with Crippen LogP contribution < -0.4 is 5.32 Å². The van der Waals surface area contributed by atoms with Crippen molar-refractivity contribution in [3.8, 4) is 0 Å². The zero-order valence-electron chi connectivity index (χ0n) is 14.8. The molecule has 1 fully saturated rings. The van der Waals surface area contributed by atoms with Gasteiger partial charge in [0.2, 0.25) is 0 Å². The second-order valence-corrected chi connectivity index (χ2v) is 7.34. The van der Waals surface area contributed by atoms with E-state index in [4.69, 9.17) is 4.74 Å². The van der Waals surface area contributed by atoms with Gasteiger partial charge in [0.15, 0.2) is 5.82 Å². The first-order valence-corrected chi connectivity index (χ1v) is 8.34. The van der Waals surface area contributed by atoms with Gasteiger partial charge in [-0.2, -0.15) is 0 Å². The van der Waals surface area contributed by atoms with Crippen LogP contribution in [0.1, 0.15) is 39.2 Å². The number of benzene rings is 1. The van der Waals surface area contributed by atoms with Crippen molar-refractivity contribution in [3.63, 3.8) is 0 Å².